The number of fused-ring (bicyclic) bond motifs is 1. The van der Waals surface area contributed by atoms with Crippen LogP contribution in [0.2, 0.25) is 0 Å². The summed E-state index contributed by atoms with van der Waals surface area (Å²) in [6.07, 6.45) is 5.75. The second-order valence-electron chi connectivity index (χ2n) is 8.82. The quantitative estimate of drug-likeness (QED) is 0.343. The normalized spacial score (nSPS) is 13.7. The minimum absolute atomic E-state index is 0.179. The van der Waals surface area contributed by atoms with Gasteiger partial charge in [-0.25, -0.2) is 9.78 Å². The highest BCUT2D eigenvalue weighted by molar-refractivity contribution is 6.01. The number of nitrogen functional groups attached to an aromatic ring is 1. The molecule has 1 saturated carbocycles. The average Bonchev–Trinajstić information content (AvgIpc) is 3.38. The van der Waals surface area contributed by atoms with Crippen molar-refractivity contribution >= 4 is 28.4 Å². The molecule has 0 aliphatic heterocycles. The van der Waals surface area contributed by atoms with Gasteiger partial charge in [0.1, 0.15) is 24.3 Å². The molecule has 8 nitrogen and oxygen atoms in total. The Kier molecular flexibility index (Phi) is 5.88. The fourth-order valence-electron chi connectivity index (χ4n) is 4.26. The molecule has 5 rings (SSSR count). The first-order valence-corrected chi connectivity index (χ1v) is 11.5. The molecule has 2 aromatic heterocycles. The molecule has 1 aliphatic rings. The van der Waals surface area contributed by atoms with Gasteiger partial charge in [0.25, 0.3) is 0 Å². The van der Waals surface area contributed by atoms with Crippen LogP contribution >= 0.6 is 0 Å². The summed E-state index contributed by atoms with van der Waals surface area (Å²) in [5, 5.41) is 3.76. The van der Waals surface area contributed by atoms with Crippen molar-refractivity contribution in [2.75, 3.05) is 11.1 Å². The lowest BCUT2D eigenvalue weighted by Crippen LogP contribution is -2.18. The van der Waals surface area contributed by atoms with Crippen LogP contribution in [0.15, 0.2) is 59.5 Å². The minimum atomic E-state index is -0.469. The third-order valence-electron chi connectivity index (χ3n) is 6.07. The number of carbonyl (C=O) groups is 1. The molecule has 0 atom stereocenters. The predicted octanol–water partition coefficient (Wildman–Crippen LogP) is 6.14. The SMILES string of the molecule is CC(C)OC(=O)Nc1ccc(-c2c(N)c3ccc(OCc4cocn4)cc3n2C2CCC2)cc1. The molecule has 1 aliphatic carbocycles. The number of hydrogen-bond donors (Lipinski definition) is 2. The summed E-state index contributed by atoms with van der Waals surface area (Å²) >= 11 is 0. The van der Waals surface area contributed by atoms with Crippen molar-refractivity contribution in [2.24, 2.45) is 0 Å². The Morgan fingerprint density at radius 1 is 1.24 bits per heavy atom. The number of rotatable bonds is 7. The molecule has 0 radical (unpaired) electrons. The molecule has 2 aromatic carbocycles. The predicted molar refractivity (Wildman–Crippen MR) is 131 cm³/mol. The van der Waals surface area contributed by atoms with Crippen LogP contribution < -0.4 is 15.8 Å². The van der Waals surface area contributed by atoms with Gasteiger partial charge < -0.3 is 24.2 Å². The lowest BCUT2D eigenvalue weighted by molar-refractivity contribution is 0.130. The Labute approximate surface area is 197 Å². The van der Waals surface area contributed by atoms with Crippen LogP contribution in [0.25, 0.3) is 22.2 Å². The minimum Gasteiger partial charge on any atom is -0.487 e. The maximum atomic E-state index is 11.9. The van der Waals surface area contributed by atoms with Gasteiger partial charge >= 0.3 is 6.09 Å². The van der Waals surface area contributed by atoms with Crippen molar-refractivity contribution in [3.8, 4) is 17.0 Å². The number of carbonyl (C=O) groups excluding carboxylic acids is 1. The summed E-state index contributed by atoms with van der Waals surface area (Å²) in [7, 11) is 0. The number of anilines is 2. The van der Waals surface area contributed by atoms with Crippen LogP contribution in [-0.2, 0) is 11.3 Å². The Balaban J connectivity index is 1.47. The lowest BCUT2D eigenvalue weighted by atomic mass is 9.92. The summed E-state index contributed by atoms with van der Waals surface area (Å²) in [6, 6.07) is 14.1. The highest BCUT2D eigenvalue weighted by Crippen LogP contribution is 2.45. The molecule has 0 spiro atoms. The van der Waals surface area contributed by atoms with E-state index in [2.05, 4.69) is 14.9 Å². The van der Waals surface area contributed by atoms with E-state index in [0.717, 1.165) is 52.1 Å². The Morgan fingerprint density at radius 2 is 2.03 bits per heavy atom. The van der Waals surface area contributed by atoms with Crippen molar-refractivity contribution in [3.63, 3.8) is 0 Å². The molecule has 4 aromatic rings. The zero-order valence-corrected chi connectivity index (χ0v) is 19.3. The highest BCUT2D eigenvalue weighted by atomic mass is 16.6. The van der Waals surface area contributed by atoms with Crippen molar-refractivity contribution in [3.05, 3.63) is 60.8 Å². The van der Waals surface area contributed by atoms with Crippen molar-refractivity contribution in [1.82, 2.24) is 9.55 Å². The van der Waals surface area contributed by atoms with E-state index >= 15 is 0 Å². The Hall–Kier alpha value is -3.94. The maximum absolute atomic E-state index is 11.9. The van der Waals surface area contributed by atoms with Gasteiger partial charge in [-0.15, -0.1) is 0 Å². The maximum Gasteiger partial charge on any atom is 0.411 e. The van der Waals surface area contributed by atoms with Crippen LogP contribution in [0.1, 0.15) is 44.8 Å². The Bertz CT molecular complexity index is 1290. The number of nitrogens with zero attached hydrogens (tertiary/aromatic N) is 2. The Morgan fingerprint density at radius 3 is 2.68 bits per heavy atom. The second kappa shape index (κ2) is 9.13. The molecule has 1 fully saturated rings. The van der Waals surface area contributed by atoms with Gasteiger partial charge in [-0.2, -0.15) is 0 Å². The van der Waals surface area contributed by atoms with Crippen molar-refractivity contribution < 1.29 is 18.7 Å². The number of benzene rings is 2. The van der Waals surface area contributed by atoms with E-state index in [-0.39, 0.29) is 6.10 Å². The first-order chi connectivity index (χ1) is 16.5. The number of hydrogen-bond acceptors (Lipinski definition) is 6. The summed E-state index contributed by atoms with van der Waals surface area (Å²) in [4.78, 5) is 16.0. The molecule has 0 unspecified atom stereocenters. The van der Waals surface area contributed by atoms with Gasteiger partial charge in [-0.1, -0.05) is 12.1 Å². The van der Waals surface area contributed by atoms with E-state index < -0.39 is 6.09 Å². The van der Waals surface area contributed by atoms with E-state index in [9.17, 15) is 4.79 Å². The van der Waals surface area contributed by atoms with E-state index in [1.165, 1.54) is 12.8 Å². The number of nitrogens with one attached hydrogen (secondary N) is 1. The van der Waals surface area contributed by atoms with Crippen molar-refractivity contribution in [1.29, 1.82) is 0 Å². The van der Waals surface area contributed by atoms with Crippen LogP contribution in [0.3, 0.4) is 0 Å². The number of aromatic nitrogens is 2. The monoisotopic (exact) mass is 460 g/mol. The molecule has 0 bridgehead atoms. The number of oxazole rings is 1. The van der Waals surface area contributed by atoms with Crippen LogP contribution in [0.4, 0.5) is 16.2 Å². The number of amides is 1. The average molecular weight is 461 g/mol. The first kappa shape index (κ1) is 21.9. The van der Waals surface area contributed by atoms with E-state index in [4.69, 9.17) is 19.6 Å². The van der Waals surface area contributed by atoms with Crippen LogP contribution in [-0.4, -0.2) is 21.7 Å². The van der Waals surface area contributed by atoms with Gasteiger partial charge in [0.05, 0.1) is 23.0 Å². The summed E-state index contributed by atoms with van der Waals surface area (Å²) < 4.78 is 18.5. The molecule has 3 N–H and O–H groups in total. The molecule has 1 amide bonds. The molecule has 2 heterocycles. The summed E-state index contributed by atoms with van der Waals surface area (Å²) in [6.45, 7) is 3.97. The highest BCUT2D eigenvalue weighted by Gasteiger charge is 2.27. The molecule has 176 valence electrons. The topological polar surface area (TPSA) is 105 Å². The standard InChI is InChI=1S/C26H28N4O4/c1-16(2)34-26(31)29-18-8-6-17(7-9-18)25-24(27)22-11-10-21(33-14-19-13-32-15-28-19)12-23(22)30(25)20-4-3-5-20/h6-13,15-16,20H,3-5,14,27H2,1-2H3,(H,29,31). The molecule has 8 heteroatoms. The third-order valence-corrected chi connectivity index (χ3v) is 6.07. The molecule has 0 saturated heterocycles. The zero-order chi connectivity index (χ0) is 23.7. The van der Waals surface area contributed by atoms with Gasteiger partial charge in [0.15, 0.2) is 6.39 Å². The fraction of sp³-hybridized carbons (Fsp3) is 0.308. The van der Waals surface area contributed by atoms with Gasteiger partial charge in [0, 0.05) is 28.7 Å². The number of ether oxygens (including phenoxy) is 2. The lowest BCUT2D eigenvalue weighted by Gasteiger charge is -2.30. The summed E-state index contributed by atoms with van der Waals surface area (Å²) in [5.74, 6) is 0.753. The fourth-order valence-corrected chi connectivity index (χ4v) is 4.26. The molecule has 34 heavy (non-hydrogen) atoms. The van der Waals surface area contributed by atoms with E-state index in [1.807, 2.05) is 56.3 Å². The largest absolute Gasteiger partial charge is 0.487 e. The molecular formula is C26H28N4O4. The van der Waals surface area contributed by atoms with Crippen LogP contribution in [0, 0.1) is 0 Å². The van der Waals surface area contributed by atoms with E-state index in [1.54, 1.807) is 6.26 Å². The van der Waals surface area contributed by atoms with Crippen LogP contribution in [0.5, 0.6) is 5.75 Å². The first-order valence-electron chi connectivity index (χ1n) is 11.5. The van der Waals surface area contributed by atoms with Crippen molar-refractivity contribution in [2.45, 2.75) is 51.9 Å². The summed E-state index contributed by atoms with van der Waals surface area (Å²) in [5.41, 5.74) is 11.9. The molecular weight excluding hydrogens is 432 g/mol. The second-order valence-corrected chi connectivity index (χ2v) is 8.82. The number of nitrogens with two attached hydrogens (primary N) is 1. The van der Waals surface area contributed by atoms with Gasteiger partial charge in [-0.3, -0.25) is 5.32 Å². The van der Waals surface area contributed by atoms with Gasteiger partial charge in [-0.05, 0) is 57.4 Å². The smallest absolute Gasteiger partial charge is 0.411 e. The van der Waals surface area contributed by atoms with E-state index in [0.29, 0.717) is 18.3 Å². The van der Waals surface area contributed by atoms with Gasteiger partial charge in [0.2, 0.25) is 0 Å². The third kappa shape index (κ3) is 4.31. The zero-order valence-electron chi connectivity index (χ0n) is 19.3.